The quantitative estimate of drug-likeness (QED) is 0.144. The molecule has 0 radical (unpaired) electrons. The molecule has 0 aliphatic heterocycles. The van der Waals surface area contributed by atoms with E-state index in [2.05, 4.69) is 31.2 Å². The van der Waals surface area contributed by atoms with E-state index in [0.29, 0.717) is 0 Å². The Labute approximate surface area is 221 Å². The first kappa shape index (κ1) is 28.7. The van der Waals surface area contributed by atoms with E-state index in [4.69, 9.17) is 5.26 Å². The van der Waals surface area contributed by atoms with Crippen LogP contribution in [0.5, 0.6) is 0 Å². The molecule has 0 atom stereocenters. The smallest absolute Gasteiger partial charge is 0.195 e. The summed E-state index contributed by atoms with van der Waals surface area (Å²) in [6.45, 7) is 2.28. The van der Waals surface area contributed by atoms with Crippen LogP contribution in [0.15, 0.2) is 48.3 Å². The Hall–Kier alpha value is -1.88. The molecule has 2 aliphatic rings. The van der Waals surface area contributed by atoms with Crippen LogP contribution in [0.4, 0.5) is 4.39 Å². The average Bonchev–Trinajstić information content (AvgIpc) is 2.92. The Morgan fingerprint density at radius 1 is 0.833 bits per heavy atom. The standard InChI is InChI=1S/C34H50FN/c1-2-3-5-10-30-19-23-32(24-20-30)33-25-21-31(22-26-33)13-9-8-12-29-17-15-28(16-18-29)11-6-4-7-14-34(35)27-36/h4,7,14,19-20,23-24,28-29,31,33H,2-3,5-6,8-13,15-18,21-22,25-26H2,1H3. The minimum absolute atomic E-state index is 0.710. The van der Waals surface area contributed by atoms with Gasteiger partial charge in [-0.2, -0.15) is 9.65 Å². The zero-order valence-electron chi connectivity index (χ0n) is 22.9. The number of aryl methyl sites for hydroxylation is 1. The second kappa shape index (κ2) is 16.8. The lowest BCUT2D eigenvalue weighted by atomic mass is 9.76. The molecule has 0 aromatic heterocycles. The zero-order chi connectivity index (χ0) is 25.4. The number of hydrogen-bond acceptors (Lipinski definition) is 1. The molecule has 0 amide bonds. The Balaban J connectivity index is 1.21. The fourth-order valence-corrected chi connectivity index (χ4v) is 6.61. The Morgan fingerprint density at radius 2 is 1.42 bits per heavy atom. The van der Waals surface area contributed by atoms with Crippen molar-refractivity contribution in [2.75, 3.05) is 0 Å². The van der Waals surface area contributed by atoms with Crippen LogP contribution in [0.3, 0.4) is 0 Å². The van der Waals surface area contributed by atoms with Crippen LogP contribution < -0.4 is 0 Å². The van der Waals surface area contributed by atoms with E-state index in [1.54, 1.807) is 11.6 Å². The largest absolute Gasteiger partial charge is 0.199 e. The van der Waals surface area contributed by atoms with Gasteiger partial charge in [-0.1, -0.05) is 108 Å². The topological polar surface area (TPSA) is 23.8 Å². The maximum Gasteiger partial charge on any atom is 0.199 e. The SMILES string of the molecule is CCCCCc1ccc(C2CCC(CCCCC3CCC(CCC=CC=C(F)C#N)CC3)CC2)cc1. The number of nitrogens with zero attached hydrogens (tertiary/aromatic N) is 1. The summed E-state index contributed by atoms with van der Waals surface area (Å²) in [5.41, 5.74) is 3.11. The van der Waals surface area contributed by atoms with Crippen molar-refractivity contribution >= 4 is 0 Å². The number of benzene rings is 1. The number of halogens is 1. The molecule has 0 unspecified atom stereocenters. The van der Waals surface area contributed by atoms with Gasteiger partial charge in [0, 0.05) is 0 Å². The van der Waals surface area contributed by atoms with Gasteiger partial charge in [-0.25, -0.2) is 0 Å². The Morgan fingerprint density at radius 3 is 2.00 bits per heavy atom. The highest BCUT2D eigenvalue weighted by molar-refractivity contribution is 5.26. The van der Waals surface area contributed by atoms with Gasteiger partial charge in [0.25, 0.3) is 0 Å². The maximum atomic E-state index is 12.8. The summed E-state index contributed by atoms with van der Waals surface area (Å²) in [7, 11) is 0. The monoisotopic (exact) mass is 491 g/mol. The number of unbranched alkanes of at least 4 members (excludes halogenated alkanes) is 3. The molecule has 0 heterocycles. The summed E-state index contributed by atoms with van der Waals surface area (Å²) < 4.78 is 12.8. The lowest BCUT2D eigenvalue weighted by Gasteiger charge is -2.30. The third-order valence-electron chi connectivity index (χ3n) is 9.03. The van der Waals surface area contributed by atoms with Crippen LogP contribution in [0.1, 0.15) is 133 Å². The van der Waals surface area contributed by atoms with Crippen molar-refractivity contribution in [2.24, 2.45) is 17.8 Å². The molecule has 0 bridgehead atoms. The fraction of sp³-hybridized carbons (Fsp3) is 0.676. The van der Waals surface area contributed by atoms with Crippen molar-refractivity contribution < 1.29 is 4.39 Å². The lowest BCUT2D eigenvalue weighted by molar-refractivity contribution is 0.244. The van der Waals surface area contributed by atoms with E-state index in [0.717, 1.165) is 30.1 Å². The van der Waals surface area contributed by atoms with Crippen LogP contribution in [0.2, 0.25) is 0 Å². The molecular formula is C34H50FN. The number of rotatable bonds is 14. The van der Waals surface area contributed by atoms with Crippen molar-refractivity contribution in [3.05, 3.63) is 59.4 Å². The molecule has 1 nitrogen and oxygen atoms in total. The van der Waals surface area contributed by atoms with E-state index in [-0.39, 0.29) is 0 Å². The van der Waals surface area contributed by atoms with Crippen LogP contribution in [0, 0.1) is 29.1 Å². The molecule has 36 heavy (non-hydrogen) atoms. The molecule has 0 saturated heterocycles. The van der Waals surface area contributed by atoms with Crippen LogP contribution >= 0.6 is 0 Å². The minimum atomic E-state index is -0.710. The Kier molecular flexibility index (Phi) is 13.4. The summed E-state index contributed by atoms with van der Waals surface area (Å²) in [5.74, 6) is 2.84. The van der Waals surface area contributed by atoms with E-state index < -0.39 is 5.83 Å². The highest BCUT2D eigenvalue weighted by atomic mass is 19.1. The minimum Gasteiger partial charge on any atom is -0.195 e. The summed E-state index contributed by atoms with van der Waals surface area (Å²) in [6.07, 6.45) is 29.3. The van der Waals surface area contributed by atoms with Gasteiger partial charge in [-0.3, -0.25) is 0 Å². The van der Waals surface area contributed by atoms with Gasteiger partial charge in [-0.15, -0.1) is 0 Å². The second-order valence-corrected chi connectivity index (χ2v) is 11.7. The predicted octanol–water partition coefficient (Wildman–Crippen LogP) is 10.8. The first-order valence-electron chi connectivity index (χ1n) is 15.2. The summed E-state index contributed by atoms with van der Waals surface area (Å²) in [5, 5.41) is 8.42. The van der Waals surface area contributed by atoms with Gasteiger partial charge in [0.15, 0.2) is 5.83 Å². The zero-order valence-corrected chi connectivity index (χ0v) is 22.9. The van der Waals surface area contributed by atoms with E-state index >= 15 is 0 Å². The average molecular weight is 492 g/mol. The van der Waals surface area contributed by atoms with Gasteiger partial charge >= 0.3 is 0 Å². The van der Waals surface area contributed by atoms with Crippen LogP contribution in [-0.2, 0) is 6.42 Å². The van der Waals surface area contributed by atoms with E-state index in [1.165, 1.54) is 127 Å². The second-order valence-electron chi connectivity index (χ2n) is 11.7. The van der Waals surface area contributed by atoms with Crippen molar-refractivity contribution in [2.45, 2.75) is 128 Å². The predicted molar refractivity (Wildman–Crippen MR) is 151 cm³/mol. The van der Waals surface area contributed by atoms with Gasteiger partial charge in [0.2, 0.25) is 0 Å². The molecule has 198 valence electrons. The molecule has 0 spiro atoms. The maximum absolute atomic E-state index is 12.8. The highest BCUT2D eigenvalue weighted by Gasteiger charge is 2.23. The first-order valence-corrected chi connectivity index (χ1v) is 15.2. The van der Waals surface area contributed by atoms with E-state index in [9.17, 15) is 4.39 Å². The molecular weight excluding hydrogens is 441 g/mol. The van der Waals surface area contributed by atoms with Crippen LogP contribution in [0.25, 0.3) is 0 Å². The van der Waals surface area contributed by atoms with Gasteiger partial charge in [-0.05, 0) is 92.2 Å². The normalized spacial score (nSPS) is 25.2. The summed E-state index contributed by atoms with van der Waals surface area (Å²) >= 11 is 0. The number of nitriles is 1. The van der Waals surface area contributed by atoms with Crippen molar-refractivity contribution in [3.8, 4) is 6.07 Å². The lowest BCUT2D eigenvalue weighted by Crippen LogP contribution is -2.15. The molecule has 2 saturated carbocycles. The number of hydrogen-bond donors (Lipinski definition) is 0. The molecule has 1 aromatic carbocycles. The van der Waals surface area contributed by atoms with Gasteiger partial charge in [0.1, 0.15) is 6.07 Å². The summed E-state index contributed by atoms with van der Waals surface area (Å²) in [4.78, 5) is 0. The first-order chi connectivity index (χ1) is 17.7. The molecule has 2 fully saturated rings. The van der Waals surface area contributed by atoms with Crippen molar-refractivity contribution in [1.29, 1.82) is 5.26 Å². The van der Waals surface area contributed by atoms with Crippen LogP contribution in [-0.4, -0.2) is 0 Å². The fourth-order valence-electron chi connectivity index (χ4n) is 6.61. The molecule has 1 aromatic rings. The molecule has 0 N–H and O–H groups in total. The van der Waals surface area contributed by atoms with Gasteiger partial charge < -0.3 is 0 Å². The highest BCUT2D eigenvalue weighted by Crippen LogP contribution is 2.39. The summed E-state index contributed by atoms with van der Waals surface area (Å²) in [6, 6.07) is 11.1. The third kappa shape index (κ3) is 10.6. The van der Waals surface area contributed by atoms with Crippen molar-refractivity contribution in [1.82, 2.24) is 0 Å². The van der Waals surface area contributed by atoms with E-state index in [1.807, 2.05) is 6.08 Å². The Bertz CT molecular complexity index is 814. The number of allylic oxidation sites excluding steroid dienone is 4. The molecule has 2 aliphatic carbocycles. The van der Waals surface area contributed by atoms with Crippen molar-refractivity contribution in [3.63, 3.8) is 0 Å². The molecule has 2 heteroatoms. The van der Waals surface area contributed by atoms with Gasteiger partial charge in [0.05, 0.1) is 0 Å². The third-order valence-corrected chi connectivity index (χ3v) is 9.03. The molecule has 3 rings (SSSR count).